The number of methoxy groups -OCH3 is 1. The molecule has 82 valence electrons. The lowest BCUT2D eigenvalue weighted by Crippen LogP contribution is -2.11. The van der Waals surface area contributed by atoms with Crippen molar-refractivity contribution in [2.45, 2.75) is 12.8 Å². The van der Waals surface area contributed by atoms with Crippen molar-refractivity contribution in [2.75, 3.05) is 20.7 Å². The third-order valence-electron chi connectivity index (χ3n) is 1.95. The van der Waals surface area contributed by atoms with Gasteiger partial charge in [0.1, 0.15) is 0 Å². The van der Waals surface area contributed by atoms with Crippen molar-refractivity contribution in [1.29, 1.82) is 0 Å². The topological polar surface area (TPSA) is 64.1 Å². The van der Waals surface area contributed by atoms with Gasteiger partial charge in [0.15, 0.2) is 11.5 Å². The maximum atomic E-state index is 11.7. The summed E-state index contributed by atoms with van der Waals surface area (Å²) in [6, 6.07) is 0. The van der Waals surface area contributed by atoms with Gasteiger partial charge < -0.3 is 10.1 Å². The van der Waals surface area contributed by atoms with Gasteiger partial charge in [-0.15, -0.1) is 0 Å². The zero-order valence-electron chi connectivity index (χ0n) is 8.99. The van der Waals surface area contributed by atoms with Crippen molar-refractivity contribution in [3.05, 3.63) is 18.1 Å². The molecule has 0 saturated carbocycles. The van der Waals surface area contributed by atoms with Crippen molar-refractivity contribution < 1.29 is 9.53 Å². The van der Waals surface area contributed by atoms with Crippen LogP contribution in [-0.2, 0) is 0 Å². The van der Waals surface area contributed by atoms with Crippen LogP contribution >= 0.6 is 0 Å². The summed E-state index contributed by atoms with van der Waals surface area (Å²) in [5, 5.41) is 2.98. The van der Waals surface area contributed by atoms with E-state index < -0.39 is 0 Å². The number of rotatable bonds is 6. The molecular formula is C10H15N3O2. The summed E-state index contributed by atoms with van der Waals surface area (Å²) >= 11 is 0. The fourth-order valence-corrected chi connectivity index (χ4v) is 1.21. The summed E-state index contributed by atoms with van der Waals surface area (Å²) < 4.78 is 4.96. The van der Waals surface area contributed by atoms with Crippen LogP contribution in [0.1, 0.15) is 23.3 Å². The Bertz CT molecular complexity index is 328. The minimum atomic E-state index is -0.0322. The third kappa shape index (κ3) is 3.28. The molecule has 0 saturated heterocycles. The average molecular weight is 209 g/mol. The molecule has 1 rings (SSSR count). The molecule has 0 radical (unpaired) electrons. The molecule has 0 unspecified atom stereocenters. The minimum absolute atomic E-state index is 0.0322. The molecule has 5 nitrogen and oxygen atoms in total. The Morgan fingerprint density at radius 1 is 1.47 bits per heavy atom. The Morgan fingerprint density at radius 3 is 2.87 bits per heavy atom. The van der Waals surface area contributed by atoms with Gasteiger partial charge in [-0.3, -0.25) is 4.79 Å². The van der Waals surface area contributed by atoms with E-state index in [0.29, 0.717) is 18.0 Å². The molecule has 1 heterocycles. The first-order chi connectivity index (χ1) is 7.29. The molecule has 15 heavy (non-hydrogen) atoms. The summed E-state index contributed by atoms with van der Waals surface area (Å²) in [5.41, 5.74) is 0.316. The number of hydrogen-bond acceptors (Lipinski definition) is 5. The van der Waals surface area contributed by atoms with Crippen LogP contribution in [0.5, 0.6) is 5.88 Å². The lowest BCUT2D eigenvalue weighted by atomic mass is 10.1. The van der Waals surface area contributed by atoms with E-state index in [1.54, 1.807) is 0 Å². The SMILES string of the molecule is CNCCCC(=O)c1nccnc1OC. The molecule has 0 atom stereocenters. The molecule has 0 spiro atoms. The summed E-state index contributed by atoms with van der Waals surface area (Å²) in [6.07, 6.45) is 4.24. The zero-order valence-corrected chi connectivity index (χ0v) is 8.99. The highest BCUT2D eigenvalue weighted by atomic mass is 16.5. The molecular weight excluding hydrogens is 194 g/mol. The first-order valence-electron chi connectivity index (χ1n) is 4.82. The van der Waals surface area contributed by atoms with Crippen LogP contribution in [0.3, 0.4) is 0 Å². The molecule has 0 aliphatic rings. The minimum Gasteiger partial charge on any atom is -0.479 e. The predicted octanol–water partition coefficient (Wildman–Crippen LogP) is 0.667. The van der Waals surface area contributed by atoms with Gasteiger partial charge in [0, 0.05) is 18.8 Å². The second-order valence-corrected chi connectivity index (χ2v) is 3.04. The Labute approximate surface area is 88.9 Å². The largest absolute Gasteiger partial charge is 0.479 e. The van der Waals surface area contributed by atoms with Crippen LogP contribution in [0, 0.1) is 0 Å². The van der Waals surface area contributed by atoms with Gasteiger partial charge in [0.2, 0.25) is 5.88 Å². The Morgan fingerprint density at radius 2 is 2.20 bits per heavy atom. The number of Topliss-reactive ketones (excluding diaryl/α,β-unsaturated/α-hetero) is 1. The fourth-order valence-electron chi connectivity index (χ4n) is 1.21. The number of nitrogens with one attached hydrogen (secondary N) is 1. The van der Waals surface area contributed by atoms with Crippen LogP contribution in [0.25, 0.3) is 0 Å². The summed E-state index contributed by atoms with van der Waals surface area (Å²) in [6.45, 7) is 0.814. The lowest BCUT2D eigenvalue weighted by molar-refractivity contribution is 0.0971. The Hall–Kier alpha value is -1.49. The lowest BCUT2D eigenvalue weighted by Gasteiger charge is -2.04. The second-order valence-electron chi connectivity index (χ2n) is 3.04. The number of carbonyl (C=O) groups is 1. The molecule has 0 aliphatic heterocycles. The molecule has 0 aliphatic carbocycles. The first kappa shape index (κ1) is 11.6. The maximum absolute atomic E-state index is 11.7. The number of nitrogens with zero attached hydrogens (tertiary/aromatic N) is 2. The number of hydrogen-bond donors (Lipinski definition) is 1. The van der Waals surface area contributed by atoms with Crippen molar-refractivity contribution in [3.8, 4) is 5.88 Å². The predicted molar refractivity (Wildman–Crippen MR) is 56.1 cm³/mol. The average Bonchev–Trinajstić information content (AvgIpc) is 2.29. The number of ketones is 1. The van der Waals surface area contributed by atoms with Gasteiger partial charge in [-0.05, 0) is 20.0 Å². The van der Waals surface area contributed by atoms with Crippen LogP contribution in [0.15, 0.2) is 12.4 Å². The van der Waals surface area contributed by atoms with E-state index in [2.05, 4.69) is 15.3 Å². The standard InChI is InChI=1S/C10H15N3O2/c1-11-5-3-4-8(14)9-10(15-2)13-7-6-12-9/h6-7,11H,3-5H2,1-2H3. The van der Waals surface area contributed by atoms with Gasteiger partial charge in [-0.1, -0.05) is 0 Å². The van der Waals surface area contributed by atoms with E-state index in [1.807, 2.05) is 7.05 Å². The molecule has 1 aromatic heterocycles. The van der Waals surface area contributed by atoms with E-state index in [0.717, 1.165) is 13.0 Å². The third-order valence-corrected chi connectivity index (χ3v) is 1.95. The van der Waals surface area contributed by atoms with Gasteiger partial charge >= 0.3 is 0 Å². The number of aromatic nitrogens is 2. The molecule has 0 bridgehead atoms. The van der Waals surface area contributed by atoms with Gasteiger partial charge in [-0.25, -0.2) is 9.97 Å². The van der Waals surface area contributed by atoms with Crippen molar-refractivity contribution in [3.63, 3.8) is 0 Å². The van der Waals surface area contributed by atoms with E-state index in [4.69, 9.17) is 4.74 Å². The zero-order chi connectivity index (χ0) is 11.1. The van der Waals surface area contributed by atoms with E-state index in [-0.39, 0.29) is 5.78 Å². The van der Waals surface area contributed by atoms with E-state index >= 15 is 0 Å². The normalized spacial score (nSPS) is 10.0. The van der Waals surface area contributed by atoms with E-state index in [1.165, 1.54) is 19.5 Å². The number of ether oxygens (including phenoxy) is 1. The van der Waals surface area contributed by atoms with Gasteiger partial charge in [0.25, 0.3) is 0 Å². The van der Waals surface area contributed by atoms with Crippen molar-refractivity contribution in [1.82, 2.24) is 15.3 Å². The molecule has 1 N–H and O–H groups in total. The maximum Gasteiger partial charge on any atom is 0.243 e. The quantitative estimate of drug-likeness (QED) is 0.551. The molecule has 0 aromatic carbocycles. The molecule has 0 fully saturated rings. The van der Waals surface area contributed by atoms with Crippen LogP contribution in [0.2, 0.25) is 0 Å². The molecule has 1 aromatic rings. The Balaban J connectivity index is 2.64. The monoisotopic (exact) mass is 209 g/mol. The van der Waals surface area contributed by atoms with Gasteiger partial charge in [-0.2, -0.15) is 0 Å². The highest BCUT2D eigenvalue weighted by Gasteiger charge is 2.13. The van der Waals surface area contributed by atoms with Crippen molar-refractivity contribution in [2.24, 2.45) is 0 Å². The number of carbonyl (C=O) groups excluding carboxylic acids is 1. The fraction of sp³-hybridized carbons (Fsp3) is 0.500. The second kappa shape index (κ2) is 6.08. The van der Waals surface area contributed by atoms with Crippen molar-refractivity contribution >= 4 is 5.78 Å². The van der Waals surface area contributed by atoms with E-state index in [9.17, 15) is 4.79 Å². The summed E-state index contributed by atoms with van der Waals surface area (Å²) in [5.74, 6) is 0.266. The van der Waals surface area contributed by atoms with Gasteiger partial charge in [0.05, 0.1) is 7.11 Å². The molecule has 5 heteroatoms. The summed E-state index contributed by atoms with van der Waals surface area (Å²) in [4.78, 5) is 19.6. The smallest absolute Gasteiger partial charge is 0.243 e. The van der Waals surface area contributed by atoms with Crippen LogP contribution in [-0.4, -0.2) is 36.5 Å². The van der Waals surface area contributed by atoms with Crippen LogP contribution < -0.4 is 10.1 Å². The van der Waals surface area contributed by atoms with Crippen LogP contribution in [0.4, 0.5) is 0 Å². The highest BCUT2D eigenvalue weighted by molar-refractivity contribution is 5.96. The Kier molecular flexibility index (Phi) is 4.70. The molecule has 0 amide bonds. The highest BCUT2D eigenvalue weighted by Crippen LogP contribution is 2.13. The summed E-state index contributed by atoms with van der Waals surface area (Å²) in [7, 11) is 3.34. The first-order valence-corrected chi connectivity index (χ1v) is 4.82.